The van der Waals surface area contributed by atoms with Crippen molar-refractivity contribution in [3.8, 4) is 11.4 Å². The molecule has 2 heterocycles. The molecule has 0 unspecified atom stereocenters. The molecular formula is C15H12Cl2N4O2S. The Hall–Kier alpha value is -2.09. The molecule has 24 heavy (non-hydrogen) atoms. The number of benzene rings is 1. The van der Waals surface area contributed by atoms with Gasteiger partial charge in [-0.25, -0.2) is 0 Å². The molecule has 3 aromatic rings. The van der Waals surface area contributed by atoms with Crippen LogP contribution in [0, 0.1) is 0 Å². The number of aryl methyl sites for hydroxylation is 1. The highest BCUT2D eigenvalue weighted by atomic mass is 35.5. The Bertz CT molecular complexity index is 841. The molecule has 9 heteroatoms. The summed E-state index contributed by atoms with van der Waals surface area (Å²) >= 11 is 13.4. The second kappa shape index (κ2) is 7.21. The molecule has 3 N–H and O–H groups in total. The van der Waals surface area contributed by atoms with Gasteiger partial charge < -0.3 is 15.6 Å². The summed E-state index contributed by atoms with van der Waals surface area (Å²) in [6.07, 6.45) is 0.518. The zero-order valence-corrected chi connectivity index (χ0v) is 14.6. The predicted molar refractivity (Wildman–Crippen MR) is 95.4 cm³/mol. The minimum atomic E-state index is -0.220. The van der Waals surface area contributed by atoms with Crippen LogP contribution in [-0.2, 0) is 11.2 Å². The first-order chi connectivity index (χ1) is 11.5. The predicted octanol–water partition coefficient (Wildman–Crippen LogP) is 4.26. The van der Waals surface area contributed by atoms with Crippen LogP contribution >= 0.6 is 34.5 Å². The SMILES string of the molecule is Nc1c(Cl)cc(NC(=O)CCc2nc(-c3ccsc3)no2)cc1Cl. The van der Waals surface area contributed by atoms with Crippen molar-refractivity contribution in [2.45, 2.75) is 12.8 Å². The van der Waals surface area contributed by atoms with Crippen LogP contribution in [0.2, 0.25) is 10.0 Å². The topological polar surface area (TPSA) is 94.0 Å². The lowest BCUT2D eigenvalue weighted by Gasteiger charge is -2.07. The van der Waals surface area contributed by atoms with E-state index in [9.17, 15) is 4.79 Å². The molecule has 6 nitrogen and oxygen atoms in total. The van der Waals surface area contributed by atoms with Crippen LogP contribution in [0.4, 0.5) is 11.4 Å². The van der Waals surface area contributed by atoms with Crippen molar-refractivity contribution >= 4 is 51.8 Å². The number of carbonyl (C=O) groups excluding carboxylic acids is 1. The van der Waals surface area contributed by atoms with Gasteiger partial charge in [-0.1, -0.05) is 28.4 Å². The van der Waals surface area contributed by atoms with E-state index in [-0.39, 0.29) is 28.1 Å². The van der Waals surface area contributed by atoms with E-state index < -0.39 is 0 Å². The summed E-state index contributed by atoms with van der Waals surface area (Å²) < 4.78 is 5.15. The van der Waals surface area contributed by atoms with Gasteiger partial charge in [-0.05, 0) is 23.6 Å². The third kappa shape index (κ3) is 3.87. The van der Waals surface area contributed by atoms with Crippen LogP contribution in [0.1, 0.15) is 12.3 Å². The fourth-order valence-electron chi connectivity index (χ4n) is 1.97. The smallest absolute Gasteiger partial charge is 0.227 e. The van der Waals surface area contributed by atoms with Crippen molar-refractivity contribution in [1.29, 1.82) is 0 Å². The number of nitrogens with one attached hydrogen (secondary N) is 1. The van der Waals surface area contributed by atoms with Crippen molar-refractivity contribution in [1.82, 2.24) is 10.1 Å². The highest BCUT2D eigenvalue weighted by Gasteiger charge is 2.12. The van der Waals surface area contributed by atoms with Crippen LogP contribution < -0.4 is 11.1 Å². The number of nitrogens with zero attached hydrogens (tertiary/aromatic N) is 2. The average molecular weight is 383 g/mol. The second-order valence-corrected chi connectivity index (χ2v) is 6.52. The lowest BCUT2D eigenvalue weighted by atomic mass is 10.2. The fraction of sp³-hybridized carbons (Fsp3) is 0.133. The summed E-state index contributed by atoms with van der Waals surface area (Å²) in [4.78, 5) is 16.3. The van der Waals surface area contributed by atoms with Gasteiger partial charge in [0.1, 0.15) is 0 Å². The molecule has 0 bridgehead atoms. The van der Waals surface area contributed by atoms with Crippen LogP contribution in [-0.4, -0.2) is 16.0 Å². The first-order valence-corrected chi connectivity index (χ1v) is 8.62. The molecular weight excluding hydrogens is 371 g/mol. The van der Waals surface area contributed by atoms with Gasteiger partial charge in [0.15, 0.2) is 0 Å². The van der Waals surface area contributed by atoms with E-state index in [4.69, 9.17) is 33.5 Å². The van der Waals surface area contributed by atoms with Gasteiger partial charge in [0, 0.05) is 29.5 Å². The summed E-state index contributed by atoms with van der Waals surface area (Å²) in [6, 6.07) is 4.99. The molecule has 0 spiro atoms. The van der Waals surface area contributed by atoms with Gasteiger partial charge in [0.05, 0.1) is 15.7 Å². The summed E-state index contributed by atoms with van der Waals surface area (Å²) in [5.74, 6) is 0.700. The number of halogens is 2. The first-order valence-electron chi connectivity index (χ1n) is 6.92. The first kappa shape index (κ1) is 16.8. The molecule has 1 amide bonds. The standard InChI is InChI=1S/C15H12Cl2N4O2S/c16-10-5-9(6-11(17)14(10)18)19-12(22)1-2-13-20-15(21-23-13)8-3-4-24-7-8/h3-7H,1-2,18H2,(H,19,22). The summed E-state index contributed by atoms with van der Waals surface area (Å²) in [5.41, 5.74) is 7.31. The van der Waals surface area contributed by atoms with Crippen LogP contribution in [0.15, 0.2) is 33.5 Å². The summed E-state index contributed by atoms with van der Waals surface area (Å²) in [5, 5.41) is 11.0. The highest BCUT2D eigenvalue weighted by Crippen LogP contribution is 2.31. The monoisotopic (exact) mass is 382 g/mol. The number of anilines is 2. The Morgan fingerprint density at radius 2 is 2.08 bits per heavy atom. The quantitative estimate of drug-likeness (QED) is 0.642. The van der Waals surface area contributed by atoms with Crippen LogP contribution in [0.5, 0.6) is 0 Å². The van der Waals surface area contributed by atoms with Crippen molar-refractivity contribution in [3.05, 3.63) is 44.9 Å². The van der Waals surface area contributed by atoms with Gasteiger partial charge in [-0.3, -0.25) is 4.79 Å². The number of thiophene rings is 1. The molecule has 0 aliphatic carbocycles. The molecule has 0 saturated heterocycles. The van der Waals surface area contributed by atoms with E-state index >= 15 is 0 Å². The minimum Gasteiger partial charge on any atom is -0.396 e. The normalized spacial score (nSPS) is 10.8. The Balaban J connectivity index is 1.58. The molecule has 124 valence electrons. The average Bonchev–Trinajstić information content (AvgIpc) is 3.21. The Kier molecular flexibility index (Phi) is 5.03. The van der Waals surface area contributed by atoms with Crippen molar-refractivity contribution in [2.24, 2.45) is 0 Å². The van der Waals surface area contributed by atoms with Gasteiger partial charge in [-0.15, -0.1) is 0 Å². The van der Waals surface area contributed by atoms with E-state index in [0.717, 1.165) is 5.56 Å². The Morgan fingerprint density at radius 1 is 1.33 bits per heavy atom. The Labute approximate surface area is 151 Å². The molecule has 0 saturated carbocycles. The van der Waals surface area contributed by atoms with Gasteiger partial charge in [-0.2, -0.15) is 16.3 Å². The maximum Gasteiger partial charge on any atom is 0.227 e. The maximum atomic E-state index is 12.0. The third-order valence-corrected chi connectivity index (χ3v) is 4.48. The molecule has 2 aromatic heterocycles. The molecule has 3 rings (SSSR count). The number of aromatic nitrogens is 2. The maximum absolute atomic E-state index is 12.0. The van der Waals surface area contributed by atoms with E-state index in [1.165, 1.54) is 0 Å². The molecule has 0 radical (unpaired) electrons. The summed E-state index contributed by atoms with van der Waals surface area (Å²) in [6.45, 7) is 0. The fourth-order valence-corrected chi connectivity index (χ4v) is 3.09. The third-order valence-electron chi connectivity index (χ3n) is 3.18. The molecule has 0 fully saturated rings. The largest absolute Gasteiger partial charge is 0.396 e. The number of rotatable bonds is 5. The lowest BCUT2D eigenvalue weighted by Crippen LogP contribution is -2.12. The van der Waals surface area contributed by atoms with E-state index in [2.05, 4.69) is 15.5 Å². The summed E-state index contributed by atoms with van der Waals surface area (Å²) in [7, 11) is 0. The van der Waals surface area contributed by atoms with Gasteiger partial charge in [0.2, 0.25) is 17.6 Å². The molecule has 0 aliphatic rings. The van der Waals surface area contributed by atoms with E-state index in [0.29, 0.717) is 23.8 Å². The van der Waals surface area contributed by atoms with E-state index in [1.807, 2.05) is 16.8 Å². The van der Waals surface area contributed by atoms with Gasteiger partial charge >= 0.3 is 0 Å². The van der Waals surface area contributed by atoms with Crippen LogP contribution in [0.25, 0.3) is 11.4 Å². The zero-order chi connectivity index (χ0) is 17.1. The number of amides is 1. The number of nitrogens with two attached hydrogens (primary N) is 1. The lowest BCUT2D eigenvalue weighted by molar-refractivity contribution is -0.116. The number of hydrogen-bond donors (Lipinski definition) is 2. The van der Waals surface area contributed by atoms with Crippen LogP contribution in [0.3, 0.4) is 0 Å². The highest BCUT2D eigenvalue weighted by molar-refractivity contribution is 7.08. The minimum absolute atomic E-state index is 0.185. The Morgan fingerprint density at radius 3 is 2.75 bits per heavy atom. The molecule has 1 aromatic carbocycles. The van der Waals surface area contributed by atoms with Gasteiger partial charge in [0.25, 0.3) is 0 Å². The van der Waals surface area contributed by atoms with Crippen molar-refractivity contribution in [2.75, 3.05) is 11.1 Å². The second-order valence-electron chi connectivity index (χ2n) is 4.93. The number of hydrogen-bond acceptors (Lipinski definition) is 6. The van der Waals surface area contributed by atoms with E-state index in [1.54, 1.807) is 23.5 Å². The number of carbonyl (C=O) groups is 1. The zero-order valence-electron chi connectivity index (χ0n) is 12.3. The molecule has 0 atom stereocenters. The number of nitrogen functional groups attached to an aromatic ring is 1. The molecule has 0 aliphatic heterocycles. The van der Waals surface area contributed by atoms with Crippen molar-refractivity contribution < 1.29 is 9.32 Å². The van der Waals surface area contributed by atoms with Crippen molar-refractivity contribution in [3.63, 3.8) is 0 Å².